The van der Waals surface area contributed by atoms with Gasteiger partial charge in [0.25, 0.3) is 5.56 Å². The number of rotatable bonds is 6. The molecule has 136 valence electrons. The number of benzene rings is 2. The van der Waals surface area contributed by atoms with Gasteiger partial charge < -0.3 is 9.72 Å². The standard InChI is InChI=1S/C20H17N3O2S2/c1-25-17-10-13(18-16(11-21)19(24)23-20(22-18)26-2)8-9-14(17)12-27-15-6-4-3-5-7-15/h3-10H,12H2,1-2H3,(H,22,23,24). The quantitative estimate of drug-likeness (QED) is 0.494. The van der Waals surface area contributed by atoms with Crippen LogP contribution < -0.4 is 10.3 Å². The molecule has 27 heavy (non-hydrogen) atoms. The summed E-state index contributed by atoms with van der Waals surface area (Å²) in [5.41, 5.74) is 1.64. The van der Waals surface area contributed by atoms with E-state index in [1.807, 2.05) is 48.7 Å². The van der Waals surface area contributed by atoms with Crippen LogP contribution in [0.4, 0.5) is 0 Å². The Labute approximate surface area is 165 Å². The average molecular weight is 396 g/mol. The molecule has 0 spiro atoms. The van der Waals surface area contributed by atoms with Gasteiger partial charge in [0, 0.05) is 21.8 Å². The summed E-state index contributed by atoms with van der Waals surface area (Å²) < 4.78 is 5.54. The number of ether oxygens (including phenoxy) is 1. The fraction of sp³-hybridized carbons (Fsp3) is 0.150. The van der Waals surface area contributed by atoms with Crippen molar-refractivity contribution in [2.75, 3.05) is 13.4 Å². The molecular formula is C20H17N3O2S2. The lowest BCUT2D eigenvalue weighted by Crippen LogP contribution is -2.14. The van der Waals surface area contributed by atoms with Crippen molar-refractivity contribution in [3.63, 3.8) is 0 Å². The Hall–Kier alpha value is -2.69. The number of methoxy groups -OCH3 is 1. The molecule has 0 aliphatic rings. The highest BCUT2D eigenvalue weighted by Gasteiger charge is 2.15. The van der Waals surface area contributed by atoms with Gasteiger partial charge in [-0.05, 0) is 24.5 Å². The van der Waals surface area contributed by atoms with E-state index in [0.29, 0.717) is 22.2 Å². The molecule has 0 atom stereocenters. The van der Waals surface area contributed by atoms with Gasteiger partial charge in [-0.25, -0.2) is 4.98 Å². The number of nitrogens with zero attached hydrogens (tertiary/aromatic N) is 2. The van der Waals surface area contributed by atoms with Crippen molar-refractivity contribution >= 4 is 23.5 Å². The summed E-state index contributed by atoms with van der Waals surface area (Å²) >= 11 is 3.03. The van der Waals surface area contributed by atoms with Gasteiger partial charge in [0.2, 0.25) is 0 Å². The molecule has 5 nitrogen and oxygen atoms in total. The van der Waals surface area contributed by atoms with Gasteiger partial charge in [-0.15, -0.1) is 11.8 Å². The number of nitrogens with one attached hydrogen (secondary N) is 1. The molecule has 0 amide bonds. The van der Waals surface area contributed by atoms with Gasteiger partial charge >= 0.3 is 0 Å². The molecule has 0 bridgehead atoms. The summed E-state index contributed by atoms with van der Waals surface area (Å²) in [6, 6.07) is 17.7. The second kappa shape index (κ2) is 8.80. The normalized spacial score (nSPS) is 10.4. The number of aromatic nitrogens is 2. The first kappa shape index (κ1) is 19.1. The Bertz CT molecular complexity index is 1040. The highest BCUT2D eigenvalue weighted by molar-refractivity contribution is 7.98. The van der Waals surface area contributed by atoms with Crippen LogP contribution in [0.3, 0.4) is 0 Å². The molecule has 0 aliphatic carbocycles. The Morgan fingerprint density at radius 3 is 2.67 bits per heavy atom. The van der Waals surface area contributed by atoms with E-state index in [9.17, 15) is 10.1 Å². The summed E-state index contributed by atoms with van der Waals surface area (Å²) in [5.74, 6) is 1.45. The molecule has 0 aliphatic heterocycles. The first-order chi connectivity index (χ1) is 13.2. The zero-order valence-corrected chi connectivity index (χ0v) is 16.5. The maximum absolute atomic E-state index is 12.1. The molecule has 1 heterocycles. The molecule has 1 aromatic heterocycles. The second-order valence-electron chi connectivity index (χ2n) is 5.54. The Balaban J connectivity index is 1.96. The van der Waals surface area contributed by atoms with Crippen LogP contribution in [0.1, 0.15) is 11.1 Å². The zero-order chi connectivity index (χ0) is 19.2. The fourth-order valence-electron chi connectivity index (χ4n) is 2.55. The first-order valence-corrected chi connectivity index (χ1v) is 10.3. The highest BCUT2D eigenvalue weighted by Crippen LogP contribution is 2.32. The highest BCUT2D eigenvalue weighted by atomic mass is 32.2. The topological polar surface area (TPSA) is 78.8 Å². The molecule has 0 saturated heterocycles. The van der Waals surface area contributed by atoms with Crippen molar-refractivity contribution in [2.45, 2.75) is 15.8 Å². The molecule has 2 aromatic carbocycles. The SMILES string of the molecule is COc1cc(-c2nc(SC)[nH]c(=O)c2C#N)ccc1CSc1ccccc1. The van der Waals surface area contributed by atoms with Crippen LogP contribution in [0.25, 0.3) is 11.3 Å². The third kappa shape index (κ3) is 4.35. The number of nitriles is 1. The predicted molar refractivity (Wildman–Crippen MR) is 109 cm³/mol. The minimum absolute atomic E-state index is 0.00117. The number of hydrogen-bond donors (Lipinski definition) is 1. The van der Waals surface area contributed by atoms with E-state index in [1.54, 1.807) is 18.9 Å². The van der Waals surface area contributed by atoms with Crippen molar-refractivity contribution in [1.29, 1.82) is 5.26 Å². The largest absolute Gasteiger partial charge is 0.496 e. The van der Waals surface area contributed by atoms with Crippen molar-refractivity contribution < 1.29 is 4.74 Å². The molecule has 3 rings (SSSR count). The van der Waals surface area contributed by atoms with E-state index >= 15 is 0 Å². The van der Waals surface area contributed by atoms with E-state index in [1.165, 1.54) is 16.7 Å². The monoisotopic (exact) mass is 395 g/mol. The van der Waals surface area contributed by atoms with Gasteiger partial charge in [-0.1, -0.05) is 42.1 Å². The lowest BCUT2D eigenvalue weighted by molar-refractivity contribution is 0.411. The summed E-state index contributed by atoms with van der Waals surface area (Å²) in [4.78, 5) is 20.3. The molecule has 3 aromatic rings. The molecule has 0 fully saturated rings. The fourth-order valence-corrected chi connectivity index (χ4v) is 3.84. The molecule has 0 saturated carbocycles. The zero-order valence-electron chi connectivity index (χ0n) is 14.9. The van der Waals surface area contributed by atoms with Crippen molar-refractivity contribution in [3.8, 4) is 23.1 Å². The van der Waals surface area contributed by atoms with Gasteiger partial charge in [0.15, 0.2) is 5.16 Å². The summed E-state index contributed by atoms with van der Waals surface area (Å²) in [7, 11) is 1.61. The Morgan fingerprint density at radius 2 is 2.00 bits per heavy atom. The Morgan fingerprint density at radius 1 is 1.22 bits per heavy atom. The summed E-state index contributed by atoms with van der Waals surface area (Å²) in [6.45, 7) is 0. The van der Waals surface area contributed by atoms with Crippen LogP contribution in [0.15, 0.2) is 63.4 Å². The van der Waals surface area contributed by atoms with Crippen molar-refractivity contribution in [3.05, 3.63) is 70.0 Å². The van der Waals surface area contributed by atoms with E-state index in [4.69, 9.17) is 4.74 Å². The number of H-pyrrole nitrogens is 1. The van der Waals surface area contributed by atoms with E-state index in [-0.39, 0.29) is 5.56 Å². The third-order valence-corrected chi connectivity index (χ3v) is 5.54. The number of aromatic amines is 1. The van der Waals surface area contributed by atoms with Gasteiger partial charge in [0.1, 0.15) is 17.4 Å². The maximum atomic E-state index is 12.1. The van der Waals surface area contributed by atoms with Gasteiger partial charge in [-0.3, -0.25) is 4.79 Å². The summed E-state index contributed by atoms with van der Waals surface area (Å²) in [6.07, 6.45) is 1.82. The van der Waals surface area contributed by atoms with Crippen LogP contribution in [-0.2, 0) is 5.75 Å². The van der Waals surface area contributed by atoms with Crippen molar-refractivity contribution in [1.82, 2.24) is 9.97 Å². The summed E-state index contributed by atoms with van der Waals surface area (Å²) in [5, 5.41) is 9.83. The number of thioether (sulfide) groups is 2. The molecule has 1 N–H and O–H groups in total. The minimum Gasteiger partial charge on any atom is -0.496 e. The smallest absolute Gasteiger partial charge is 0.270 e. The molecule has 0 radical (unpaired) electrons. The second-order valence-corrected chi connectivity index (χ2v) is 7.38. The maximum Gasteiger partial charge on any atom is 0.270 e. The average Bonchev–Trinajstić information content (AvgIpc) is 2.72. The lowest BCUT2D eigenvalue weighted by atomic mass is 10.1. The lowest BCUT2D eigenvalue weighted by Gasteiger charge is -2.11. The predicted octanol–water partition coefficient (Wildman–Crippen LogP) is 4.33. The Kier molecular flexibility index (Phi) is 6.22. The van der Waals surface area contributed by atoms with E-state index < -0.39 is 5.56 Å². The van der Waals surface area contributed by atoms with Crippen LogP contribution in [-0.4, -0.2) is 23.3 Å². The molecule has 0 unspecified atom stereocenters. The van der Waals surface area contributed by atoms with Gasteiger partial charge in [0.05, 0.1) is 12.8 Å². The number of hydrogen-bond acceptors (Lipinski definition) is 6. The third-order valence-electron chi connectivity index (χ3n) is 3.90. The first-order valence-electron chi connectivity index (χ1n) is 8.09. The van der Waals surface area contributed by atoms with E-state index in [2.05, 4.69) is 22.1 Å². The molecular weight excluding hydrogens is 378 g/mol. The van der Waals surface area contributed by atoms with Crippen LogP contribution in [0.5, 0.6) is 5.75 Å². The molecule has 7 heteroatoms. The van der Waals surface area contributed by atoms with Crippen LogP contribution >= 0.6 is 23.5 Å². The van der Waals surface area contributed by atoms with Crippen molar-refractivity contribution in [2.24, 2.45) is 0 Å². The minimum atomic E-state index is -0.436. The van der Waals surface area contributed by atoms with Gasteiger partial charge in [-0.2, -0.15) is 5.26 Å². The van der Waals surface area contributed by atoms with E-state index in [0.717, 1.165) is 11.3 Å². The van der Waals surface area contributed by atoms with Crippen LogP contribution in [0, 0.1) is 11.3 Å². The van der Waals surface area contributed by atoms with Crippen LogP contribution in [0.2, 0.25) is 0 Å².